The van der Waals surface area contributed by atoms with Gasteiger partial charge in [0.25, 0.3) is 0 Å². The van der Waals surface area contributed by atoms with Crippen LogP contribution in [0.5, 0.6) is 0 Å². The highest BCUT2D eigenvalue weighted by Crippen LogP contribution is 2.19. The first-order valence-electron chi connectivity index (χ1n) is 5.70. The van der Waals surface area contributed by atoms with E-state index in [1.807, 2.05) is 30.3 Å². The maximum absolute atomic E-state index is 10.6. The van der Waals surface area contributed by atoms with Gasteiger partial charge in [-0.05, 0) is 18.5 Å². The van der Waals surface area contributed by atoms with Crippen molar-refractivity contribution < 1.29 is 9.90 Å². The normalized spacial score (nSPS) is 23.2. The van der Waals surface area contributed by atoms with E-state index in [1.165, 1.54) is 0 Å². The van der Waals surface area contributed by atoms with Crippen molar-refractivity contribution in [3.63, 3.8) is 0 Å². The first-order valence-corrected chi connectivity index (χ1v) is 5.70. The Balaban J connectivity index is 1.89. The maximum atomic E-state index is 10.6. The number of likely N-dealkylation sites (tertiary alicyclic amines) is 1. The van der Waals surface area contributed by atoms with E-state index < -0.39 is 6.10 Å². The Bertz CT molecular complexity index is 339. The number of β-amino-alcohol motifs (C(OH)–C–C–N with tert-alkyl or cyclic N) is 1. The monoisotopic (exact) mass is 219 g/mol. The van der Waals surface area contributed by atoms with Gasteiger partial charge in [0, 0.05) is 19.0 Å². The Labute approximate surface area is 95.7 Å². The van der Waals surface area contributed by atoms with Gasteiger partial charge in [0.05, 0.1) is 6.10 Å². The zero-order valence-corrected chi connectivity index (χ0v) is 9.25. The van der Waals surface area contributed by atoms with Crippen LogP contribution < -0.4 is 0 Å². The minimum absolute atomic E-state index is 0.156. The van der Waals surface area contributed by atoms with Crippen molar-refractivity contribution in [3.8, 4) is 0 Å². The molecule has 3 heteroatoms. The molecule has 2 unspecified atom stereocenters. The molecular formula is C13H17NO2. The number of carbonyl (C=O) groups excluding carboxylic acids is 1. The lowest BCUT2D eigenvalue weighted by atomic mass is 10.1. The van der Waals surface area contributed by atoms with Gasteiger partial charge in [-0.2, -0.15) is 0 Å². The Morgan fingerprint density at radius 3 is 2.81 bits per heavy atom. The third-order valence-electron chi connectivity index (χ3n) is 3.12. The second kappa shape index (κ2) is 5.23. The second-order valence-electron chi connectivity index (χ2n) is 4.37. The summed E-state index contributed by atoms with van der Waals surface area (Å²) in [4.78, 5) is 12.8. The van der Waals surface area contributed by atoms with E-state index in [-0.39, 0.29) is 5.92 Å². The fraction of sp³-hybridized carbons (Fsp3) is 0.462. The van der Waals surface area contributed by atoms with Crippen LogP contribution in [0.2, 0.25) is 0 Å². The highest BCUT2D eigenvalue weighted by molar-refractivity contribution is 5.54. The van der Waals surface area contributed by atoms with Crippen molar-refractivity contribution in [2.45, 2.75) is 12.5 Å². The summed E-state index contributed by atoms with van der Waals surface area (Å²) in [6, 6.07) is 9.65. The summed E-state index contributed by atoms with van der Waals surface area (Å²) in [6.45, 7) is 2.31. The van der Waals surface area contributed by atoms with Gasteiger partial charge in [-0.15, -0.1) is 0 Å². The van der Waals surface area contributed by atoms with Crippen molar-refractivity contribution in [1.29, 1.82) is 0 Å². The molecule has 2 rings (SSSR count). The van der Waals surface area contributed by atoms with Gasteiger partial charge in [-0.1, -0.05) is 30.3 Å². The van der Waals surface area contributed by atoms with Gasteiger partial charge < -0.3 is 9.90 Å². The van der Waals surface area contributed by atoms with Gasteiger partial charge in [-0.3, -0.25) is 4.90 Å². The molecule has 0 amide bonds. The van der Waals surface area contributed by atoms with Crippen LogP contribution in [0, 0.1) is 5.92 Å². The Morgan fingerprint density at radius 2 is 2.19 bits per heavy atom. The molecule has 1 aliphatic heterocycles. The molecule has 1 aromatic carbocycles. The van der Waals surface area contributed by atoms with Gasteiger partial charge >= 0.3 is 0 Å². The lowest BCUT2D eigenvalue weighted by Gasteiger charge is -2.19. The van der Waals surface area contributed by atoms with E-state index >= 15 is 0 Å². The fourth-order valence-electron chi connectivity index (χ4n) is 2.16. The molecule has 1 heterocycles. The van der Waals surface area contributed by atoms with Crippen LogP contribution in [0.15, 0.2) is 30.3 Å². The number of nitrogens with zero attached hydrogens (tertiary/aromatic N) is 1. The third-order valence-corrected chi connectivity index (χ3v) is 3.12. The Morgan fingerprint density at radius 1 is 1.44 bits per heavy atom. The van der Waals surface area contributed by atoms with Crippen molar-refractivity contribution in [2.24, 2.45) is 5.92 Å². The minimum Gasteiger partial charge on any atom is -0.387 e. The predicted molar refractivity (Wildman–Crippen MR) is 62.0 cm³/mol. The fourth-order valence-corrected chi connectivity index (χ4v) is 2.16. The van der Waals surface area contributed by atoms with Gasteiger partial charge in [-0.25, -0.2) is 0 Å². The molecule has 1 N–H and O–H groups in total. The molecule has 0 radical (unpaired) electrons. The number of carbonyl (C=O) groups is 1. The van der Waals surface area contributed by atoms with Gasteiger partial charge in [0.1, 0.15) is 6.29 Å². The molecule has 1 saturated heterocycles. The third kappa shape index (κ3) is 2.68. The lowest BCUT2D eigenvalue weighted by Crippen LogP contribution is -2.26. The molecule has 1 fully saturated rings. The van der Waals surface area contributed by atoms with E-state index in [2.05, 4.69) is 4.90 Å². The number of rotatable bonds is 4. The highest BCUT2D eigenvalue weighted by atomic mass is 16.3. The van der Waals surface area contributed by atoms with E-state index in [1.54, 1.807) is 0 Å². The van der Waals surface area contributed by atoms with Crippen molar-refractivity contribution >= 4 is 6.29 Å². The summed E-state index contributed by atoms with van der Waals surface area (Å²) in [6.07, 6.45) is 1.49. The SMILES string of the molecule is O=CC1CCN(CC(O)c2ccccc2)C1. The molecule has 0 spiro atoms. The molecule has 3 nitrogen and oxygen atoms in total. The number of aldehydes is 1. The van der Waals surface area contributed by atoms with Crippen molar-refractivity contribution in [1.82, 2.24) is 4.90 Å². The topological polar surface area (TPSA) is 40.5 Å². The van der Waals surface area contributed by atoms with E-state index in [9.17, 15) is 9.90 Å². The molecule has 0 aliphatic carbocycles. The summed E-state index contributed by atoms with van der Waals surface area (Å²) in [5, 5.41) is 10.0. The zero-order valence-electron chi connectivity index (χ0n) is 9.25. The molecule has 16 heavy (non-hydrogen) atoms. The van der Waals surface area contributed by atoms with Crippen molar-refractivity contribution in [3.05, 3.63) is 35.9 Å². The molecule has 0 saturated carbocycles. The maximum Gasteiger partial charge on any atom is 0.124 e. The molecule has 2 atom stereocenters. The molecule has 0 bridgehead atoms. The number of hydrogen-bond acceptors (Lipinski definition) is 3. The quantitative estimate of drug-likeness (QED) is 0.775. The lowest BCUT2D eigenvalue weighted by molar-refractivity contribution is -0.110. The Kier molecular flexibility index (Phi) is 3.70. The van der Waals surface area contributed by atoms with Crippen LogP contribution in [0.1, 0.15) is 18.1 Å². The molecule has 1 aliphatic rings. The number of aliphatic hydroxyl groups excluding tert-OH is 1. The standard InChI is InChI=1S/C13H17NO2/c15-10-11-6-7-14(8-11)9-13(16)12-4-2-1-3-5-12/h1-5,10-11,13,16H,6-9H2. The van der Waals surface area contributed by atoms with Crippen LogP contribution in [0.25, 0.3) is 0 Å². The van der Waals surface area contributed by atoms with E-state index in [4.69, 9.17) is 0 Å². The zero-order chi connectivity index (χ0) is 11.4. The van der Waals surface area contributed by atoms with Crippen LogP contribution in [-0.2, 0) is 4.79 Å². The molecule has 1 aromatic rings. The first kappa shape index (κ1) is 11.3. The first-order chi connectivity index (χ1) is 7.79. The number of benzene rings is 1. The Hall–Kier alpha value is -1.19. The summed E-state index contributed by atoms with van der Waals surface area (Å²) >= 11 is 0. The highest BCUT2D eigenvalue weighted by Gasteiger charge is 2.23. The molecule has 0 aromatic heterocycles. The second-order valence-corrected chi connectivity index (χ2v) is 4.37. The smallest absolute Gasteiger partial charge is 0.124 e. The number of hydrogen-bond donors (Lipinski definition) is 1. The average Bonchev–Trinajstić information content (AvgIpc) is 2.78. The summed E-state index contributed by atoms with van der Waals surface area (Å²) in [7, 11) is 0. The van der Waals surface area contributed by atoms with Gasteiger partial charge in [0.15, 0.2) is 0 Å². The largest absolute Gasteiger partial charge is 0.387 e. The average molecular weight is 219 g/mol. The predicted octanol–water partition coefficient (Wildman–Crippen LogP) is 1.24. The molecular weight excluding hydrogens is 202 g/mol. The summed E-state index contributed by atoms with van der Waals surface area (Å²) < 4.78 is 0. The van der Waals surface area contributed by atoms with E-state index in [0.717, 1.165) is 31.4 Å². The molecule has 86 valence electrons. The summed E-state index contributed by atoms with van der Waals surface area (Å²) in [5.74, 6) is 0.156. The van der Waals surface area contributed by atoms with Crippen LogP contribution in [0.4, 0.5) is 0 Å². The number of aliphatic hydroxyl groups is 1. The minimum atomic E-state index is -0.452. The van der Waals surface area contributed by atoms with E-state index in [0.29, 0.717) is 6.54 Å². The van der Waals surface area contributed by atoms with Crippen molar-refractivity contribution in [2.75, 3.05) is 19.6 Å². The summed E-state index contributed by atoms with van der Waals surface area (Å²) in [5.41, 5.74) is 0.942. The van der Waals surface area contributed by atoms with Crippen LogP contribution in [-0.4, -0.2) is 35.9 Å². The van der Waals surface area contributed by atoms with Crippen LogP contribution in [0.3, 0.4) is 0 Å². The van der Waals surface area contributed by atoms with Crippen LogP contribution >= 0.6 is 0 Å². The van der Waals surface area contributed by atoms with Gasteiger partial charge in [0.2, 0.25) is 0 Å².